The number of nitrogens with zero attached hydrogens (tertiary/aromatic N) is 1. The highest BCUT2D eigenvalue weighted by atomic mass is 16.3. The summed E-state index contributed by atoms with van der Waals surface area (Å²) in [6.07, 6.45) is 2.43. The van der Waals surface area contributed by atoms with Crippen molar-refractivity contribution < 1.29 is 4.42 Å². The van der Waals surface area contributed by atoms with Gasteiger partial charge in [-0.05, 0) is 24.1 Å². The lowest BCUT2D eigenvalue weighted by Crippen LogP contribution is -2.12. The van der Waals surface area contributed by atoms with Gasteiger partial charge in [-0.1, -0.05) is 40.5 Å². The Labute approximate surface area is 115 Å². The van der Waals surface area contributed by atoms with Crippen LogP contribution in [0.5, 0.6) is 0 Å². The standard InChI is InChI=1S/C16H24N2O/c1-5-12(6-2)10-17-13-7-8-15-14(9-13)18-16(19-15)11(3)4/h7-9,11-12,17H,5-6,10H2,1-4H3. The lowest BCUT2D eigenvalue weighted by Gasteiger charge is -2.14. The predicted octanol–water partition coefficient (Wildman–Crippen LogP) is 4.80. The number of nitrogens with one attached hydrogen (secondary N) is 1. The molecule has 0 amide bonds. The van der Waals surface area contributed by atoms with E-state index >= 15 is 0 Å². The van der Waals surface area contributed by atoms with E-state index in [-0.39, 0.29) is 0 Å². The van der Waals surface area contributed by atoms with Gasteiger partial charge in [-0.2, -0.15) is 0 Å². The van der Waals surface area contributed by atoms with Gasteiger partial charge in [-0.25, -0.2) is 4.98 Å². The summed E-state index contributed by atoms with van der Waals surface area (Å²) in [5, 5.41) is 3.50. The summed E-state index contributed by atoms with van der Waals surface area (Å²) < 4.78 is 5.71. The van der Waals surface area contributed by atoms with Gasteiger partial charge in [0.1, 0.15) is 5.52 Å². The molecule has 1 heterocycles. The van der Waals surface area contributed by atoms with Crippen LogP contribution in [0.4, 0.5) is 5.69 Å². The molecule has 2 aromatic rings. The van der Waals surface area contributed by atoms with Gasteiger partial charge in [0.2, 0.25) is 0 Å². The van der Waals surface area contributed by atoms with E-state index in [1.54, 1.807) is 0 Å². The van der Waals surface area contributed by atoms with E-state index in [2.05, 4.69) is 50.1 Å². The second-order valence-corrected chi connectivity index (χ2v) is 5.45. The zero-order chi connectivity index (χ0) is 13.8. The van der Waals surface area contributed by atoms with Crippen molar-refractivity contribution in [2.75, 3.05) is 11.9 Å². The molecule has 0 unspecified atom stereocenters. The number of fused-ring (bicyclic) bond motifs is 1. The molecule has 0 fully saturated rings. The average Bonchev–Trinajstić information content (AvgIpc) is 2.83. The number of aromatic nitrogens is 1. The van der Waals surface area contributed by atoms with Crippen LogP contribution in [-0.4, -0.2) is 11.5 Å². The van der Waals surface area contributed by atoms with Gasteiger partial charge < -0.3 is 9.73 Å². The van der Waals surface area contributed by atoms with Crippen LogP contribution in [0.1, 0.15) is 52.3 Å². The van der Waals surface area contributed by atoms with Crippen molar-refractivity contribution in [3.05, 3.63) is 24.1 Å². The van der Waals surface area contributed by atoms with Crippen molar-refractivity contribution >= 4 is 16.8 Å². The second kappa shape index (κ2) is 6.09. The third-order valence-electron chi connectivity index (χ3n) is 3.65. The Morgan fingerprint density at radius 3 is 2.58 bits per heavy atom. The quantitative estimate of drug-likeness (QED) is 0.810. The van der Waals surface area contributed by atoms with E-state index in [1.165, 1.54) is 12.8 Å². The van der Waals surface area contributed by atoms with Crippen LogP contribution >= 0.6 is 0 Å². The lowest BCUT2D eigenvalue weighted by atomic mass is 10.0. The number of benzene rings is 1. The topological polar surface area (TPSA) is 38.1 Å². The van der Waals surface area contributed by atoms with Crippen molar-refractivity contribution in [3.63, 3.8) is 0 Å². The van der Waals surface area contributed by atoms with Gasteiger partial charge in [0.15, 0.2) is 11.5 Å². The van der Waals surface area contributed by atoms with Crippen LogP contribution in [0.3, 0.4) is 0 Å². The maximum atomic E-state index is 5.71. The minimum Gasteiger partial charge on any atom is -0.440 e. The van der Waals surface area contributed by atoms with Gasteiger partial charge in [-0.15, -0.1) is 0 Å². The summed E-state index contributed by atoms with van der Waals surface area (Å²) >= 11 is 0. The van der Waals surface area contributed by atoms with Crippen molar-refractivity contribution in [2.24, 2.45) is 5.92 Å². The van der Waals surface area contributed by atoms with Crippen LogP contribution in [-0.2, 0) is 0 Å². The lowest BCUT2D eigenvalue weighted by molar-refractivity contribution is 0.501. The fourth-order valence-corrected chi connectivity index (χ4v) is 2.14. The van der Waals surface area contributed by atoms with E-state index in [0.717, 1.165) is 35.1 Å². The summed E-state index contributed by atoms with van der Waals surface area (Å²) in [7, 11) is 0. The van der Waals surface area contributed by atoms with Crippen molar-refractivity contribution in [1.82, 2.24) is 4.98 Å². The first-order valence-corrected chi connectivity index (χ1v) is 7.28. The summed E-state index contributed by atoms with van der Waals surface area (Å²) in [5.41, 5.74) is 2.94. The van der Waals surface area contributed by atoms with Crippen LogP contribution in [0.2, 0.25) is 0 Å². The van der Waals surface area contributed by atoms with Crippen LogP contribution in [0.25, 0.3) is 11.1 Å². The molecule has 3 nitrogen and oxygen atoms in total. The first-order chi connectivity index (χ1) is 9.13. The zero-order valence-electron chi connectivity index (χ0n) is 12.4. The third-order valence-corrected chi connectivity index (χ3v) is 3.65. The van der Waals surface area contributed by atoms with E-state index < -0.39 is 0 Å². The summed E-state index contributed by atoms with van der Waals surface area (Å²) in [5.74, 6) is 1.87. The zero-order valence-corrected chi connectivity index (χ0v) is 12.4. The summed E-state index contributed by atoms with van der Waals surface area (Å²) in [6.45, 7) is 9.69. The van der Waals surface area contributed by atoms with Crippen LogP contribution in [0, 0.1) is 5.92 Å². The van der Waals surface area contributed by atoms with Crippen molar-refractivity contribution in [3.8, 4) is 0 Å². The summed E-state index contributed by atoms with van der Waals surface area (Å²) in [4.78, 5) is 4.53. The first-order valence-electron chi connectivity index (χ1n) is 7.28. The Morgan fingerprint density at radius 2 is 1.95 bits per heavy atom. The molecular weight excluding hydrogens is 236 g/mol. The molecule has 1 aromatic carbocycles. The highest BCUT2D eigenvalue weighted by Gasteiger charge is 2.10. The van der Waals surface area contributed by atoms with E-state index in [1.807, 2.05) is 6.07 Å². The molecular formula is C16H24N2O. The highest BCUT2D eigenvalue weighted by Crippen LogP contribution is 2.24. The molecule has 0 aliphatic carbocycles. The molecule has 0 aliphatic heterocycles. The number of hydrogen-bond acceptors (Lipinski definition) is 3. The van der Waals surface area contributed by atoms with Crippen LogP contribution in [0.15, 0.2) is 22.6 Å². The van der Waals surface area contributed by atoms with E-state index in [9.17, 15) is 0 Å². The van der Waals surface area contributed by atoms with Gasteiger partial charge in [-0.3, -0.25) is 0 Å². The molecule has 0 radical (unpaired) electrons. The SMILES string of the molecule is CCC(CC)CNc1ccc2oc(C(C)C)nc2c1. The second-order valence-electron chi connectivity index (χ2n) is 5.45. The molecule has 19 heavy (non-hydrogen) atoms. The fraction of sp³-hybridized carbons (Fsp3) is 0.562. The highest BCUT2D eigenvalue weighted by molar-refractivity contribution is 5.77. The average molecular weight is 260 g/mol. The first kappa shape index (κ1) is 13.9. The van der Waals surface area contributed by atoms with E-state index in [0.29, 0.717) is 5.92 Å². The van der Waals surface area contributed by atoms with Crippen molar-refractivity contribution in [2.45, 2.75) is 46.5 Å². The Hall–Kier alpha value is -1.51. The normalized spacial score (nSPS) is 11.7. The molecule has 1 N–H and O–H groups in total. The molecule has 1 aromatic heterocycles. The number of anilines is 1. The maximum Gasteiger partial charge on any atom is 0.198 e. The Bertz CT molecular complexity index is 527. The molecule has 0 saturated heterocycles. The predicted molar refractivity (Wildman–Crippen MR) is 80.7 cm³/mol. The van der Waals surface area contributed by atoms with Gasteiger partial charge in [0.25, 0.3) is 0 Å². The number of oxazole rings is 1. The molecule has 0 bridgehead atoms. The molecule has 0 atom stereocenters. The third kappa shape index (κ3) is 3.28. The molecule has 104 valence electrons. The summed E-state index contributed by atoms with van der Waals surface area (Å²) in [6, 6.07) is 6.15. The molecule has 0 spiro atoms. The molecule has 0 saturated carbocycles. The molecule has 3 heteroatoms. The number of hydrogen-bond donors (Lipinski definition) is 1. The van der Waals surface area contributed by atoms with Gasteiger partial charge in [0, 0.05) is 18.2 Å². The molecule has 2 rings (SSSR count). The van der Waals surface area contributed by atoms with Gasteiger partial charge in [0.05, 0.1) is 0 Å². The maximum absolute atomic E-state index is 5.71. The van der Waals surface area contributed by atoms with Crippen molar-refractivity contribution in [1.29, 1.82) is 0 Å². The van der Waals surface area contributed by atoms with Crippen LogP contribution < -0.4 is 5.32 Å². The largest absolute Gasteiger partial charge is 0.440 e. The smallest absolute Gasteiger partial charge is 0.198 e. The Balaban J connectivity index is 2.12. The molecule has 0 aliphatic rings. The minimum absolute atomic E-state index is 0.327. The van der Waals surface area contributed by atoms with E-state index in [4.69, 9.17) is 4.42 Å². The Morgan fingerprint density at radius 1 is 1.21 bits per heavy atom. The fourth-order valence-electron chi connectivity index (χ4n) is 2.14. The Kier molecular flexibility index (Phi) is 4.46. The number of rotatable bonds is 6. The van der Waals surface area contributed by atoms with Gasteiger partial charge >= 0.3 is 0 Å². The monoisotopic (exact) mass is 260 g/mol. The minimum atomic E-state index is 0.327.